The first-order chi connectivity index (χ1) is 15.8. The van der Waals surface area contributed by atoms with Gasteiger partial charge in [0.15, 0.2) is 5.13 Å². The van der Waals surface area contributed by atoms with Crippen molar-refractivity contribution in [3.05, 3.63) is 54.4 Å². The zero-order chi connectivity index (χ0) is 23.8. The number of hydrogen-bond donors (Lipinski definition) is 2. The summed E-state index contributed by atoms with van der Waals surface area (Å²) >= 11 is 2.56. The van der Waals surface area contributed by atoms with Crippen molar-refractivity contribution in [1.29, 1.82) is 0 Å². The fourth-order valence-electron chi connectivity index (χ4n) is 2.75. The van der Waals surface area contributed by atoms with E-state index in [0.717, 1.165) is 34.8 Å². The number of amides is 1. The molecule has 11 heteroatoms. The van der Waals surface area contributed by atoms with E-state index >= 15 is 0 Å². The van der Waals surface area contributed by atoms with Gasteiger partial charge < -0.3 is 19.9 Å². The molecule has 3 aromatic rings. The fraction of sp³-hybridized carbons (Fsp3) is 0.318. The summed E-state index contributed by atoms with van der Waals surface area (Å²) in [6.07, 6.45) is 5.81. The number of anilines is 1. The van der Waals surface area contributed by atoms with E-state index in [9.17, 15) is 9.59 Å². The highest BCUT2D eigenvalue weighted by atomic mass is 32.1. The SMILES string of the molecule is CC(=O)Nc1ncc(C=c2sc(=CN=Nc3ccc(OCCCN(C)C)cc3C)[nH]c2=O)s1. The summed E-state index contributed by atoms with van der Waals surface area (Å²) in [5, 5.41) is 11.5. The molecule has 1 aromatic carbocycles. The van der Waals surface area contributed by atoms with Crippen LogP contribution in [0.4, 0.5) is 10.8 Å². The Balaban J connectivity index is 1.67. The summed E-state index contributed by atoms with van der Waals surface area (Å²) in [6, 6.07) is 5.68. The molecule has 0 aliphatic heterocycles. The molecule has 2 N–H and O–H groups in total. The molecular formula is C22H26N6O3S2. The van der Waals surface area contributed by atoms with Crippen LogP contribution in [0.15, 0.2) is 39.4 Å². The van der Waals surface area contributed by atoms with Gasteiger partial charge in [0, 0.05) is 19.7 Å². The zero-order valence-corrected chi connectivity index (χ0v) is 20.5. The van der Waals surface area contributed by atoms with Gasteiger partial charge in [0.05, 0.1) is 27.9 Å². The second-order valence-corrected chi connectivity index (χ2v) is 9.62. The minimum Gasteiger partial charge on any atom is -0.494 e. The lowest BCUT2D eigenvalue weighted by Gasteiger charge is -2.11. The molecule has 2 aromatic heterocycles. The van der Waals surface area contributed by atoms with Crippen LogP contribution in [0.2, 0.25) is 0 Å². The highest BCUT2D eigenvalue weighted by Crippen LogP contribution is 2.24. The molecule has 1 amide bonds. The van der Waals surface area contributed by atoms with Gasteiger partial charge in [0.1, 0.15) is 10.4 Å². The number of benzene rings is 1. The van der Waals surface area contributed by atoms with Crippen LogP contribution in [0.3, 0.4) is 0 Å². The van der Waals surface area contributed by atoms with Gasteiger partial charge in [-0.25, -0.2) is 4.98 Å². The van der Waals surface area contributed by atoms with Gasteiger partial charge in [-0.05, 0) is 57.3 Å². The van der Waals surface area contributed by atoms with E-state index in [0.29, 0.717) is 20.9 Å². The summed E-state index contributed by atoms with van der Waals surface area (Å²) in [7, 11) is 4.08. The van der Waals surface area contributed by atoms with Gasteiger partial charge in [-0.2, -0.15) is 10.2 Å². The van der Waals surface area contributed by atoms with E-state index in [1.807, 2.05) is 39.2 Å². The third-order valence-electron chi connectivity index (χ3n) is 4.29. The normalized spacial score (nSPS) is 12.8. The average Bonchev–Trinajstić information content (AvgIpc) is 3.32. The summed E-state index contributed by atoms with van der Waals surface area (Å²) in [4.78, 5) is 33.1. The van der Waals surface area contributed by atoms with Crippen molar-refractivity contribution in [3.8, 4) is 5.75 Å². The summed E-state index contributed by atoms with van der Waals surface area (Å²) < 4.78 is 6.88. The van der Waals surface area contributed by atoms with E-state index in [1.54, 1.807) is 12.3 Å². The zero-order valence-electron chi connectivity index (χ0n) is 18.9. The Morgan fingerprint density at radius 2 is 2.15 bits per heavy atom. The lowest BCUT2D eigenvalue weighted by Crippen LogP contribution is -2.19. The molecule has 0 saturated carbocycles. The van der Waals surface area contributed by atoms with E-state index in [2.05, 4.69) is 30.4 Å². The molecule has 0 atom stereocenters. The predicted molar refractivity (Wildman–Crippen MR) is 133 cm³/mol. The predicted octanol–water partition coefficient (Wildman–Crippen LogP) is 2.84. The lowest BCUT2D eigenvalue weighted by atomic mass is 10.2. The molecule has 2 heterocycles. The van der Waals surface area contributed by atoms with Crippen LogP contribution in [-0.4, -0.2) is 48.0 Å². The van der Waals surface area contributed by atoms with E-state index in [-0.39, 0.29) is 11.5 Å². The monoisotopic (exact) mass is 486 g/mol. The molecule has 174 valence electrons. The third-order valence-corrected chi connectivity index (χ3v) is 6.10. The Morgan fingerprint density at radius 1 is 1.33 bits per heavy atom. The number of nitrogens with zero attached hydrogens (tertiary/aromatic N) is 4. The molecule has 33 heavy (non-hydrogen) atoms. The maximum absolute atomic E-state index is 12.2. The molecule has 0 bridgehead atoms. The van der Waals surface area contributed by atoms with E-state index in [4.69, 9.17) is 4.74 Å². The number of azo groups is 1. The van der Waals surface area contributed by atoms with Crippen molar-refractivity contribution in [2.24, 2.45) is 10.2 Å². The lowest BCUT2D eigenvalue weighted by molar-refractivity contribution is -0.114. The second-order valence-electron chi connectivity index (χ2n) is 7.48. The molecule has 3 rings (SSSR count). The van der Waals surface area contributed by atoms with Gasteiger partial charge >= 0.3 is 0 Å². The van der Waals surface area contributed by atoms with Gasteiger partial charge in [0.2, 0.25) is 5.91 Å². The summed E-state index contributed by atoms with van der Waals surface area (Å²) in [6.45, 7) is 5.01. The number of hydrogen-bond acceptors (Lipinski definition) is 9. The number of H-pyrrole nitrogens is 1. The minimum absolute atomic E-state index is 0.190. The topological polar surface area (TPSA) is 112 Å². The number of ether oxygens (including phenoxy) is 1. The second kappa shape index (κ2) is 11.6. The number of aromatic amines is 1. The van der Waals surface area contributed by atoms with E-state index < -0.39 is 0 Å². The van der Waals surface area contributed by atoms with Crippen LogP contribution in [0, 0.1) is 6.92 Å². The molecule has 0 spiro atoms. The Labute approximate surface area is 199 Å². The first kappa shape index (κ1) is 24.5. The first-order valence-electron chi connectivity index (χ1n) is 10.2. The van der Waals surface area contributed by atoms with Crippen molar-refractivity contribution in [2.45, 2.75) is 20.3 Å². The van der Waals surface area contributed by atoms with Gasteiger partial charge in [-0.3, -0.25) is 9.59 Å². The number of carbonyl (C=O) groups excluding carboxylic acids is 1. The Hall–Kier alpha value is -3.15. The van der Waals surface area contributed by atoms with Crippen LogP contribution in [0.1, 0.15) is 23.8 Å². The smallest absolute Gasteiger partial charge is 0.266 e. The quantitative estimate of drug-likeness (QED) is 0.357. The molecule has 0 fully saturated rings. The number of aryl methyl sites for hydroxylation is 1. The largest absolute Gasteiger partial charge is 0.494 e. The first-order valence-corrected chi connectivity index (χ1v) is 11.9. The number of nitrogens with one attached hydrogen (secondary N) is 2. The average molecular weight is 487 g/mol. The molecule has 0 radical (unpaired) electrons. The van der Waals surface area contributed by atoms with Crippen molar-refractivity contribution >= 4 is 51.7 Å². The fourth-order valence-corrected chi connectivity index (χ4v) is 4.44. The molecule has 0 aliphatic carbocycles. The van der Waals surface area contributed by atoms with Crippen molar-refractivity contribution in [2.75, 3.05) is 32.6 Å². The third kappa shape index (κ3) is 7.74. The molecule has 9 nitrogen and oxygen atoms in total. The highest BCUT2D eigenvalue weighted by Gasteiger charge is 2.03. The number of thiazole rings is 2. The van der Waals surface area contributed by atoms with Gasteiger partial charge in [0.25, 0.3) is 5.56 Å². The van der Waals surface area contributed by atoms with Crippen LogP contribution < -0.4 is 24.8 Å². The maximum atomic E-state index is 12.2. The Bertz CT molecular complexity index is 1310. The Kier molecular flexibility index (Phi) is 8.64. The Morgan fingerprint density at radius 3 is 2.88 bits per heavy atom. The van der Waals surface area contributed by atoms with E-state index in [1.165, 1.54) is 35.8 Å². The highest BCUT2D eigenvalue weighted by molar-refractivity contribution is 7.16. The van der Waals surface area contributed by atoms with Crippen LogP contribution in [-0.2, 0) is 4.79 Å². The molecule has 0 unspecified atom stereocenters. The van der Waals surface area contributed by atoms with Crippen LogP contribution in [0.5, 0.6) is 5.75 Å². The van der Waals surface area contributed by atoms with Crippen molar-refractivity contribution in [3.63, 3.8) is 0 Å². The molecular weight excluding hydrogens is 460 g/mol. The number of aromatic nitrogens is 2. The number of carbonyl (C=O) groups is 1. The van der Waals surface area contributed by atoms with Gasteiger partial charge in [-0.1, -0.05) is 11.3 Å². The summed E-state index contributed by atoms with van der Waals surface area (Å²) in [5.74, 6) is 0.617. The molecule has 0 saturated heterocycles. The number of rotatable bonds is 9. The summed E-state index contributed by atoms with van der Waals surface area (Å²) in [5.41, 5.74) is 1.46. The standard InChI is InChI=1S/C22H26N6O3S2/c1-14-10-16(31-9-5-8-28(3)4)6-7-18(14)27-24-13-20-26-21(30)19(33-20)11-17-12-23-22(32-17)25-15(2)29/h6-7,10-13H,5,8-9H2,1-4H3,(H,26,30)(H,23,25,29). The minimum atomic E-state index is -0.220. The van der Waals surface area contributed by atoms with Crippen molar-refractivity contribution < 1.29 is 9.53 Å². The van der Waals surface area contributed by atoms with Gasteiger partial charge in [-0.15, -0.1) is 11.3 Å². The van der Waals surface area contributed by atoms with Crippen LogP contribution >= 0.6 is 22.7 Å². The molecule has 0 aliphatic rings. The van der Waals surface area contributed by atoms with Crippen LogP contribution in [0.25, 0.3) is 12.3 Å². The van der Waals surface area contributed by atoms with Crippen molar-refractivity contribution in [1.82, 2.24) is 14.9 Å². The maximum Gasteiger partial charge on any atom is 0.266 e.